The van der Waals surface area contributed by atoms with Gasteiger partial charge in [0.05, 0.1) is 16.9 Å². The molecule has 0 aromatic heterocycles. The number of phenols is 1. The number of halogens is 3. The van der Waals surface area contributed by atoms with Crippen molar-refractivity contribution in [2.45, 2.75) is 24.9 Å². The van der Waals surface area contributed by atoms with Crippen LogP contribution in [-0.4, -0.2) is 38.9 Å². The highest BCUT2D eigenvalue weighted by Gasteiger charge is 2.65. The van der Waals surface area contributed by atoms with Crippen molar-refractivity contribution >= 4 is 17.5 Å². The van der Waals surface area contributed by atoms with Gasteiger partial charge in [0, 0.05) is 6.07 Å². The van der Waals surface area contributed by atoms with Gasteiger partial charge in [-0.2, -0.15) is 13.2 Å². The molecule has 0 saturated carbocycles. The molecule has 4 N–H and O–H groups in total. The minimum atomic E-state index is -5.39. The summed E-state index contributed by atoms with van der Waals surface area (Å²) in [4.78, 5) is 33.3. The molecule has 0 bridgehead atoms. The van der Waals surface area contributed by atoms with Gasteiger partial charge in [-0.3, -0.25) is 14.9 Å². The highest BCUT2D eigenvalue weighted by molar-refractivity contribution is 5.86. The number of nitrogens with zero attached hydrogens (tertiary/aromatic N) is 1. The third-order valence-electron chi connectivity index (χ3n) is 3.80. The smallest absolute Gasteiger partial charge is 0.437 e. The van der Waals surface area contributed by atoms with Crippen molar-refractivity contribution < 1.29 is 37.9 Å². The summed E-state index contributed by atoms with van der Waals surface area (Å²) < 4.78 is 39.8. The molecule has 0 unspecified atom stereocenters. The number of phenolic OH excluding ortho intramolecular Hbond substituents is 1. The first-order chi connectivity index (χ1) is 11.4. The molecule has 2 amide bonds. The fourth-order valence-corrected chi connectivity index (χ4v) is 2.68. The van der Waals surface area contributed by atoms with Gasteiger partial charge in [-0.25, -0.2) is 4.79 Å². The number of urea groups is 1. The molecule has 0 radical (unpaired) electrons. The third kappa shape index (κ3) is 3.07. The largest absolute Gasteiger partial charge is 0.502 e. The normalized spacial score (nSPS) is 26.5. The van der Waals surface area contributed by atoms with Gasteiger partial charge >= 0.3 is 17.9 Å². The maximum absolute atomic E-state index is 13.3. The van der Waals surface area contributed by atoms with E-state index in [0.29, 0.717) is 0 Å². The SMILES string of the molecule is CC(=O)[C@@H]1[C@H](c2ccc(O)c([N+](=O)[O-])c2)NC(=O)N[C@@]1(O)C(F)(F)F. The van der Waals surface area contributed by atoms with Crippen molar-refractivity contribution in [1.82, 2.24) is 10.6 Å². The molecule has 12 heteroatoms. The Hall–Kier alpha value is -2.89. The Morgan fingerprint density at radius 1 is 1.40 bits per heavy atom. The second-order valence-corrected chi connectivity index (χ2v) is 5.43. The van der Waals surface area contributed by atoms with Crippen LogP contribution in [0.3, 0.4) is 0 Å². The van der Waals surface area contributed by atoms with E-state index in [9.17, 15) is 43.1 Å². The molecule has 2 rings (SSSR count). The number of nitro groups is 1. The predicted molar refractivity (Wildman–Crippen MR) is 74.3 cm³/mol. The Labute approximate surface area is 137 Å². The molecule has 1 saturated heterocycles. The monoisotopic (exact) mass is 363 g/mol. The van der Waals surface area contributed by atoms with Crippen LogP contribution in [0, 0.1) is 16.0 Å². The van der Waals surface area contributed by atoms with Gasteiger partial charge in [0.1, 0.15) is 5.78 Å². The average molecular weight is 363 g/mol. The maximum Gasteiger partial charge on any atom is 0.437 e. The molecule has 136 valence electrons. The van der Waals surface area contributed by atoms with E-state index >= 15 is 0 Å². The molecule has 1 aromatic rings. The van der Waals surface area contributed by atoms with E-state index in [-0.39, 0.29) is 5.56 Å². The number of amides is 2. The number of nitrogens with one attached hydrogen (secondary N) is 2. The van der Waals surface area contributed by atoms with E-state index in [1.54, 1.807) is 0 Å². The predicted octanol–water partition coefficient (Wildman–Crippen LogP) is 1.11. The standard InChI is InChI=1S/C13H12F3N3O6/c1-5(20)9-10(6-2-3-8(21)7(4-6)19(24)25)17-11(22)18-12(9,23)13(14,15)16/h2-4,9-10,21,23H,1H3,(H2,17,18,22)/t9-,10+,12+/m1/s1. The topological polar surface area (TPSA) is 142 Å². The summed E-state index contributed by atoms with van der Waals surface area (Å²) in [6.07, 6.45) is -5.39. The summed E-state index contributed by atoms with van der Waals surface area (Å²) >= 11 is 0. The molecule has 3 atom stereocenters. The fourth-order valence-electron chi connectivity index (χ4n) is 2.68. The number of benzene rings is 1. The fraction of sp³-hybridized carbons (Fsp3) is 0.385. The Morgan fingerprint density at radius 2 is 2.00 bits per heavy atom. The summed E-state index contributed by atoms with van der Waals surface area (Å²) in [5.41, 5.74) is -4.95. The van der Waals surface area contributed by atoms with Gasteiger partial charge in [-0.05, 0) is 18.6 Å². The zero-order valence-corrected chi connectivity index (χ0v) is 12.5. The van der Waals surface area contributed by atoms with E-state index in [1.807, 2.05) is 5.32 Å². The molecule has 0 aliphatic carbocycles. The van der Waals surface area contributed by atoms with Crippen molar-refractivity contribution in [1.29, 1.82) is 0 Å². The number of Topliss-reactive ketones (excluding diaryl/α,β-unsaturated/α-hetero) is 1. The number of carbonyl (C=O) groups is 2. The second kappa shape index (κ2) is 5.88. The molecular formula is C13H12F3N3O6. The number of nitro benzene ring substituents is 1. The van der Waals surface area contributed by atoms with E-state index in [0.717, 1.165) is 25.1 Å². The van der Waals surface area contributed by atoms with Crippen LogP contribution in [0.15, 0.2) is 18.2 Å². The highest BCUT2D eigenvalue weighted by atomic mass is 19.4. The Morgan fingerprint density at radius 3 is 2.48 bits per heavy atom. The van der Waals surface area contributed by atoms with Gasteiger partial charge < -0.3 is 20.8 Å². The van der Waals surface area contributed by atoms with Crippen LogP contribution in [-0.2, 0) is 4.79 Å². The van der Waals surface area contributed by atoms with Crippen molar-refractivity contribution in [2.75, 3.05) is 0 Å². The van der Waals surface area contributed by atoms with Crippen molar-refractivity contribution in [3.63, 3.8) is 0 Å². The van der Waals surface area contributed by atoms with E-state index in [1.165, 1.54) is 5.32 Å². The summed E-state index contributed by atoms with van der Waals surface area (Å²) in [6, 6.07) is -0.565. The Kier molecular flexibility index (Phi) is 4.34. The third-order valence-corrected chi connectivity index (χ3v) is 3.80. The first kappa shape index (κ1) is 18.4. The lowest BCUT2D eigenvalue weighted by molar-refractivity contribution is -0.386. The number of rotatable bonds is 3. The molecule has 9 nitrogen and oxygen atoms in total. The average Bonchev–Trinajstić information content (AvgIpc) is 2.44. The number of ketones is 1. The number of hydrogen-bond donors (Lipinski definition) is 4. The van der Waals surface area contributed by atoms with Gasteiger partial charge in [0.25, 0.3) is 0 Å². The quantitative estimate of drug-likeness (QED) is 0.468. The lowest BCUT2D eigenvalue weighted by Gasteiger charge is -2.44. The maximum atomic E-state index is 13.3. The first-order valence-electron chi connectivity index (χ1n) is 6.74. The molecule has 1 aromatic carbocycles. The highest BCUT2D eigenvalue weighted by Crippen LogP contribution is 2.43. The van der Waals surface area contributed by atoms with Crippen LogP contribution in [0.4, 0.5) is 23.7 Å². The number of aliphatic hydroxyl groups is 1. The molecule has 1 aliphatic rings. The summed E-state index contributed by atoms with van der Waals surface area (Å²) in [5, 5.41) is 33.6. The van der Waals surface area contributed by atoms with Crippen molar-refractivity contribution in [2.24, 2.45) is 5.92 Å². The summed E-state index contributed by atoms with van der Waals surface area (Å²) in [6.45, 7) is 0.780. The van der Waals surface area contributed by atoms with E-state index in [4.69, 9.17) is 0 Å². The summed E-state index contributed by atoms with van der Waals surface area (Å²) in [7, 11) is 0. The molecule has 0 spiro atoms. The van der Waals surface area contributed by atoms with Crippen LogP contribution in [0.2, 0.25) is 0 Å². The number of alkyl halides is 3. The summed E-state index contributed by atoms with van der Waals surface area (Å²) in [5.74, 6) is -4.08. The number of aromatic hydroxyl groups is 1. The molecule has 1 aliphatic heterocycles. The van der Waals surface area contributed by atoms with Gasteiger partial charge in [0.2, 0.25) is 5.72 Å². The minimum Gasteiger partial charge on any atom is -0.502 e. The molecular weight excluding hydrogens is 351 g/mol. The van der Waals surface area contributed by atoms with Crippen LogP contribution in [0.5, 0.6) is 5.75 Å². The van der Waals surface area contributed by atoms with E-state index in [2.05, 4.69) is 0 Å². The Bertz CT molecular complexity index is 753. The lowest BCUT2D eigenvalue weighted by atomic mass is 9.79. The van der Waals surface area contributed by atoms with Crippen LogP contribution in [0.25, 0.3) is 0 Å². The lowest BCUT2D eigenvalue weighted by Crippen LogP contribution is -2.72. The minimum absolute atomic E-state index is 0.262. The second-order valence-electron chi connectivity index (χ2n) is 5.43. The van der Waals surface area contributed by atoms with E-state index < -0.39 is 52.0 Å². The molecule has 25 heavy (non-hydrogen) atoms. The van der Waals surface area contributed by atoms with Crippen LogP contribution >= 0.6 is 0 Å². The molecule has 1 fully saturated rings. The molecule has 1 heterocycles. The zero-order valence-electron chi connectivity index (χ0n) is 12.5. The number of carbonyl (C=O) groups excluding carboxylic acids is 2. The zero-order chi connectivity index (χ0) is 19.2. The van der Waals surface area contributed by atoms with Gasteiger partial charge in [-0.15, -0.1) is 0 Å². The van der Waals surface area contributed by atoms with Crippen molar-refractivity contribution in [3.8, 4) is 5.75 Å². The Balaban J connectivity index is 2.62. The van der Waals surface area contributed by atoms with Gasteiger partial charge in [0.15, 0.2) is 5.75 Å². The van der Waals surface area contributed by atoms with Gasteiger partial charge in [-0.1, -0.05) is 6.07 Å². The van der Waals surface area contributed by atoms with Crippen molar-refractivity contribution in [3.05, 3.63) is 33.9 Å². The van der Waals surface area contributed by atoms with Crippen LogP contribution < -0.4 is 10.6 Å². The van der Waals surface area contributed by atoms with Crippen LogP contribution in [0.1, 0.15) is 18.5 Å². The number of hydrogen-bond acceptors (Lipinski definition) is 6. The first-order valence-corrected chi connectivity index (χ1v) is 6.74.